The summed E-state index contributed by atoms with van der Waals surface area (Å²) in [5, 5.41) is 0. The minimum Gasteiger partial charge on any atom is -0.272 e. The van der Waals surface area contributed by atoms with Gasteiger partial charge in [0.15, 0.2) is 0 Å². The highest BCUT2D eigenvalue weighted by molar-refractivity contribution is 7.88. The number of hydrogen-bond acceptors (Lipinski definition) is 3. The second-order valence-electron chi connectivity index (χ2n) is 2.65. The molecule has 1 heterocycles. The normalized spacial score (nSPS) is 21.8. The van der Waals surface area contributed by atoms with Gasteiger partial charge in [0.1, 0.15) is 0 Å². The van der Waals surface area contributed by atoms with Crippen LogP contribution >= 0.6 is 0 Å². The van der Waals surface area contributed by atoms with Crippen molar-refractivity contribution in [3.8, 4) is 0 Å². The first-order valence-corrected chi connectivity index (χ1v) is 5.32. The topological polar surface area (TPSA) is 66.5 Å². The Morgan fingerprint density at radius 1 is 1.58 bits per heavy atom. The van der Waals surface area contributed by atoms with Gasteiger partial charge in [-0.3, -0.25) is 4.79 Å². The number of unbranched alkanes of at least 4 members (excludes halogenated alkanes) is 1. The standard InChI is InChI=1S/C6H12N2O3S/c1-2-3-4-8-6(9)5-7-12(8,10)11/h7H,2-5H2,1H3. The monoisotopic (exact) mass is 192 g/mol. The van der Waals surface area contributed by atoms with E-state index in [-0.39, 0.29) is 12.5 Å². The van der Waals surface area contributed by atoms with Crippen molar-refractivity contribution >= 4 is 16.1 Å². The fourth-order valence-corrected chi connectivity index (χ4v) is 2.16. The van der Waals surface area contributed by atoms with Crippen LogP contribution in [0.5, 0.6) is 0 Å². The van der Waals surface area contributed by atoms with Gasteiger partial charge in [-0.15, -0.1) is 0 Å². The molecule has 0 bridgehead atoms. The molecule has 0 aromatic heterocycles. The summed E-state index contributed by atoms with van der Waals surface area (Å²) in [5.41, 5.74) is 0. The van der Waals surface area contributed by atoms with Gasteiger partial charge in [0.25, 0.3) is 5.91 Å². The third-order valence-electron chi connectivity index (χ3n) is 1.69. The molecule has 0 atom stereocenters. The Bertz CT molecular complexity index is 273. The summed E-state index contributed by atoms with van der Waals surface area (Å²) in [6.45, 7) is 2.15. The number of nitrogens with one attached hydrogen (secondary N) is 1. The maximum Gasteiger partial charge on any atom is 0.304 e. The van der Waals surface area contributed by atoms with E-state index < -0.39 is 10.2 Å². The molecule has 70 valence electrons. The van der Waals surface area contributed by atoms with Crippen LogP contribution in [-0.2, 0) is 15.0 Å². The Morgan fingerprint density at radius 2 is 2.25 bits per heavy atom. The largest absolute Gasteiger partial charge is 0.304 e. The maximum atomic E-state index is 11.1. The van der Waals surface area contributed by atoms with E-state index in [1.807, 2.05) is 6.92 Å². The van der Waals surface area contributed by atoms with Crippen molar-refractivity contribution in [2.24, 2.45) is 0 Å². The smallest absolute Gasteiger partial charge is 0.272 e. The molecule has 6 heteroatoms. The van der Waals surface area contributed by atoms with E-state index in [1.165, 1.54) is 0 Å². The first-order valence-electron chi connectivity index (χ1n) is 3.88. The van der Waals surface area contributed by atoms with Crippen molar-refractivity contribution < 1.29 is 13.2 Å². The zero-order valence-electron chi connectivity index (χ0n) is 6.91. The predicted molar refractivity (Wildman–Crippen MR) is 43.5 cm³/mol. The maximum absolute atomic E-state index is 11.1. The van der Waals surface area contributed by atoms with Crippen LogP contribution < -0.4 is 4.72 Å². The van der Waals surface area contributed by atoms with E-state index in [0.29, 0.717) is 13.0 Å². The van der Waals surface area contributed by atoms with Crippen LogP contribution in [0.15, 0.2) is 0 Å². The number of nitrogens with zero attached hydrogens (tertiary/aromatic N) is 1. The Hall–Kier alpha value is -0.620. The average molecular weight is 192 g/mol. The van der Waals surface area contributed by atoms with E-state index in [9.17, 15) is 13.2 Å². The fraction of sp³-hybridized carbons (Fsp3) is 0.833. The third-order valence-corrected chi connectivity index (χ3v) is 3.16. The Morgan fingerprint density at radius 3 is 2.67 bits per heavy atom. The molecule has 12 heavy (non-hydrogen) atoms. The molecule has 0 aliphatic carbocycles. The summed E-state index contributed by atoms with van der Waals surface area (Å²) in [7, 11) is -3.47. The zero-order chi connectivity index (χ0) is 9.19. The van der Waals surface area contributed by atoms with Crippen LogP contribution in [0, 0.1) is 0 Å². The SMILES string of the molecule is CCCCN1C(=O)CNS1(=O)=O. The molecule has 1 fully saturated rings. The van der Waals surface area contributed by atoms with Crippen LogP contribution in [0.4, 0.5) is 0 Å². The lowest BCUT2D eigenvalue weighted by molar-refractivity contribution is -0.124. The van der Waals surface area contributed by atoms with Crippen LogP contribution in [0.1, 0.15) is 19.8 Å². The third kappa shape index (κ3) is 1.75. The second-order valence-corrected chi connectivity index (χ2v) is 4.33. The lowest BCUT2D eigenvalue weighted by Gasteiger charge is -2.12. The van der Waals surface area contributed by atoms with Crippen molar-refractivity contribution in [2.45, 2.75) is 19.8 Å². The summed E-state index contributed by atoms with van der Waals surface area (Å²) in [6.07, 6.45) is 1.59. The number of carbonyl (C=O) groups is 1. The van der Waals surface area contributed by atoms with Crippen LogP contribution in [-0.4, -0.2) is 31.7 Å². The molecular weight excluding hydrogens is 180 g/mol. The molecule has 1 amide bonds. The predicted octanol–water partition coefficient (Wildman–Crippen LogP) is -0.537. The summed E-state index contributed by atoms with van der Waals surface area (Å²) in [6, 6.07) is 0. The molecule has 0 radical (unpaired) electrons. The van der Waals surface area contributed by atoms with Gasteiger partial charge in [0.05, 0.1) is 6.54 Å². The molecule has 0 aromatic rings. The molecule has 1 rings (SSSR count). The highest BCUT2D eigenvalue weighted by Gasteiger charge is 2.33. The van der Waals surface area contributed by atoms with Gasteiger partial charge in [0, 0.05) is 6.54 Å². The highest BCUT2D eigenvalue weighted by Crippen LogP contribution is 2.07. The van der Waals surface area contributed by atoms with E-state index >= 15 is 0 Å². The first-order chi connectivity index (χ1) is 5.58. The molecule has 0 saturated carbocycles. The molecule has 1 N–H and O–H groups in total. The van der Waals surface area contributed by atoms with Gasteiger partial charge in [0.2, 0.25) is 0 Å². The van der Waals surface area contributed by atoms with Crippen molar-refractivity contribution in [2.75, 3.05) is 13.1 Å². The lowest BCUT2D eigenvalue weighted by atomic mass is 10.3. The van der Waals surface area contributed by atoms with E-state index in [4.69, 9.17) is 0 Å². The van der Waals surface area contributed by atoms with Gasteiger partial charge in [-0.1, -0.05) is 13.3 Å². The molecule has 1 saturated heterocycles. The number of carbonyl (C=O) groups excluding carboxylic acids is 1. The van der Waals surface area contributed by atoms with E-state index in [1.54, 1.807) is 0 Å². The number of rotatable bonds is 3. The van der Waals surface area contributed by atoms with Crippen molar-refractivity contribution in [3.05, 3.63) is 0 Å². The van der Waals surface area contributed by atoms with Gasteiger partial charge >= 0.3 is 10.2 Å². The molecule has 0 unspecified atom stereocenters. The number of hydrogen-bond donors (Lipinski definition) is 1. The molecular formula is C6H12N2O3S. The van der Waals surface area contributed by atoms with Gasteiger partial charge < -0.3 is 0 Å². The van der Waals surface area contributed by atoms with Crippen LogP contribution in [0.3, 0.4) is 0 Å². The minimum absolute atomic E-state index is 0.0912. The molecule has 0 aromatic carbocycles. The first kappa shape index (κ1) is 9.47. The average Bonchev–Trinajstić information content (AvgIpc) is 2.24. The summed E-state index contributed by atoms with van der Waals surface area (Å²) in [4.78, 5) is 11.0. The highest BCUT2D eigenvalue weighted by atomic mass is 32.2. The minimum atomic E-state index is -3.47. The van der Waals surface area contributed by atoms with Crippen molar-refractivity contribution in [1.29, 1.82) is 0 Å². The van der Waals surface area contributed by atoms with Gasteiger partial charge in [-0.2, -0.15) is 13.1 Å². The van der Waals surface area contributed by atoms with Gasteiger partial charge in [-0.25, -0.2) is 4.31 Å². The zero-order valence-corrected chi connectivity index (χ0v) is 7.73. The van der Waals surface area contributed by atoms with Gasteiger partial charge in [-0.05, 0) is 6.42 Å². The van der Waals surface area contributed by atoms with E-state index in [0.717, 1.165) is 10.7 Å². The molecule has 0 spiro atoms. The van der Waals surface area contributed by atoms with Crippen LogP contribution in [0.25, 0.3) is 0 Å². The second kappa shape index (κ2) is 3.40. The van der Waals surface area contributed by atoms with Crippen molar-refractivity contribution in [1.82, 2.24) is 9.03 Å². The van der Waals surface area contributed by atoms with E-state index in [2.05, 4.69) is 4.72 Å². The number of amides is 1. The Balaban J connectivity index is 2.66. The molecule has 1 aliphatic rings. The Labute approximate surface area is 71.9 Å². The van der Waals surface area contributed by atoms with Crippen LogP contribution in [0.2, 0.25) is 0 Å². The summed E-state index contributed by atoms with van der Waals surface area (Å²) >= 11 is 0. The summed E-state index contributed by atoms with van der Waals surface area (Å²) in [5.74, 6) is -0.358. The summed E-state index contributed by atoms with van der Waals surface area (Å²) < 4.78 is 25.2. The quantitative estimate of drug-likeness (QED) is 0.653. The Kier molecular flexibility index (Phi) is 2.69. The fourth-order valence-electron chi connectivity index (χ4n) is 1.000. The molecule has 5 nitrogen and oxygen atoms in total. The molecule has 1 aliphatic heterocycles. The lowest BCUT2D eigenvalue weighted by Crippen LogP contribution is -2.32. The van der Waals surface area contributed by atoms with Crippen molar-refractivity contribution in [3.63, 3.8) is 0 Å².